The first kappa shape index (κ1) is 49.3. The number of pyridine rings is 2. The van der Waals surface area contributed by atoms with Crippen molar-refractivity contribution in [1.82, 2.24) is 34.5 Å². The summed E-state index contributed by atoms with van der Waals surface area (Å²) in [4.78, 5) is 80.4. The maximum atomic E-state index is 13.7. The minimum atomic E-state index is -1.17. The van der Waals surface area contributed by atoms with Gasteiger partial charge in [-0.25, -0.2) is 14.8 Å². The largest absolute Gasteiger partial charge is 0.476 e. The number of amides is 4. The van der Waals surface area contributed by atoms with Gasteiger partial charge in [-0.05, 0) is 111 Å². The van der Waals surface area contributed by atoms with Gasteiger partial charge in [-0.1, -0.05) is 70.1 Å². The molecule has 15 nitrogen and oxygen atoms in total. The zero-order valence-corrected chi connectivity index (χ0v) is 42.2. The normalized spacial score (nSPS) is 22.9. The van der Waals surface area contributed by atoms with E-state index in [-0.39, 0.29) is 45.6 Å². The lowest BCUT2D eigenvalue weighted by Gasteiger charge is -2.62. The topological polar surface area (TPSA) is 190 Å². The third kappa shape index (κ3) is 10.4. The number of aromatic carboxylic acids is 1. The highest BCUT2D eigenvalue weighted by molar-refractivity contribution is 7.22. The Hall–Kier alpha value is -6.65. The number of thiazole rings is 1. The number of imide groups is 1. The zero-order valence-electron chi connectivity index (χ0n) is 41.4. The quantitative estimate of drug-likeness (QED) is 0.0616. The number of carbonyl (C=O) groups is 5. The van der Waals surface area contributed by atoms with E-state index >= 15 is 0 Å². The fraction of sp³-hybridized carbons (Fsp3) is 0.436. The fourth-order valence-corrected chi connectivity index (χ4v) is 13.2. The van der Waals surface area contributed by atoms with Crippen LogP contribution in [0.3, 0.4) is 0 Å². The molecule has 71 heavy (non-hydrogen) atoms. The number of benzene rings is 2. The highest BCUT2D eigenvalue weighted by atomic mass is 32.1. The first-order chi connectivity index (χ1) is 33.9. The number of likely N-dealkylation sites (N-methyl/N-ethyl adjacent to an activating group) is 1. The first-order valence-electron chi connectivity index (χ1n) is 24.6. The Kier molecular flexibility index (Phi) is 13.6. The third-order valence-electron chi connectivity index (χ3n) is 15.0. The number of unbranched alkanes of at least 4 members (excludes halogenated alkanes) is 2. The SMILES string of the molecule is CCC1(C)CC2(C)CC(C)(Cn3ncc(-c4ccc(-c5cnc6cccc(C(=O)Nc7nc8ccccc8s7)c6c5)nc4C(=O)O)c3C)CC(OCCN(C)C(=O)CCCCCN3C(=O)C=CC3=O)(C1)C2. The predicted molar refractivity (Wildman–Crippen MR) is 274 cm³/mol. The van der Waals surface area contributed by atoms with Crippen molar-refractivity contribution >= 4 is 67.2 Å². The second kappa shape index (κ2) is 19.5. The van der Waals surface area contributed by atoms with Crippen molar-refractivity contribution in [2.24, 2.45) is 16.2 Å². The van der Waals surface area contributed by atoms with E-state index in [0.29, 0.717) is 89.5 Å². The summed E-state index contributed by atoms with van der Waals surface area (Å²) >= 11 is 1.39. The Bertz CT molecular complexity index is 3060. The molecule has 4 atom stereocenters. The van der Waals surface area contributed by atoms with Crippen LogP contribution in [0.15, 0.2) is 85.2 Å². The Morgan fingerprint density at radius 1 is 0.859 bits per heavy atom. The number of aromatic nitrogens is 5. The molecule has 2 aliphatic carbocycles. The molecule has 3 aliphatic rings. The second-order valence-corrected chi connectivity index (χ2v) is 22.3. The van der Waals surface area contributed by atoms with E-state index in [1.807, 2.05) is 55.1 Å². The lowest BCUT2D eigenvalue weighted by molar-refractivity contribution is -0.198. The summed E-state index contributed by atoms with van der Waals surface area (Å²) < 4.78 is 10.0. The molecule has 9 rings (SSSR count). The van der Waals surface area contributed by atoms with Crippen molar-refractivity contribution in [2.45, 2.75) is 111 Å². The lowest BCUT2D eigenvalue weighted by atomic mass is 9.47. The van der Waals surface area contributed by atoms with Crippen molar-refractivity contribution in [3.8, 4) is 22.4 Å². The van der Waals surface area contributed by atoms with E-state index in [1.165, 1.54) is 28.4 Å². The predicted octanol–water partition coefficient (Wildman–Crippen LogP) is 10.1. The molecular formula is C55H62N8O7S. The monoisotopic (exact) mass is 978 g/mol. The molecule has 4 amide bonds. The fourth-order valence-electron chi connectivity index (χ4n) is 12.3. The third-order valence-corrected chi connectivity index (χ3v) is 16.0. The standard InChI is InChI=1S/C55H62N8O7S/c1-7-52(3)29-53(4)30-54(5,33-55(31-52,32-53)70-25-24-61(6)45(64)18-9-8-12-23-62-46(65)21-22-47(62)66)34-63-35(2)40(28-57-63)37-19-20-41(58-48(37)50(68)69)36-26-39-38(14-13-16-42(39)56-27-36)49(67)60-51-59-43-15-10-11-17-44(43)71-51/h10-11,13-17,19-22,26-28H,7-9,12,18,23-25,29-34H2,1-6H3,(H,68,69)(H,59,60,67). The van der Waals surface area contributed by atoms with E-state index in [9.17, 15) is 29.1 Å². The molecule has 1 aliphatic heterocycles. The highest BCUT2D eigenvalue weighted by Crippen LogP contribution is 2.64. The summed E-state index contributed by atoms with van der Waals surface area (Å²) in [5.74, 6) is -2.02. The Morgan fingerprint density at radius 3 is 2.37 bits per heavy atom. The van der Waals surface area contributed by atoms with Gasteiger partial charge in [0.1, 0.15) is 0 Å². The molecule has 0 saturated heterocycles. The van der Waals surface area contributed by atoms with Crippen LogP contribution >= 0.6 is 11.3 Å². The van der Waals surface area contributed by atoms with E-state index in [0.717, 1.165) is 60.9 Å². The van der Waals surface area contributed by atoms with Gasteiger partial charge in [0.15, 0.2) is 10.8 Å². The number of nitrogens with zero attached hydrogens (tertiary/aromatic N) is 7. The molecule has 370 valence electrons. The van der Waals surface area contributed by atoms with Crippen molar-refractivity contribution in [3.05, 3.63) is 102 Å². The van der Waals surface area contributed by atoms with Gasteiger partial charge in [-0.2, -0.15) is 5.10 Å². The number of hydrogen-bond donors (Lipinski definition) is 2. The van der Waals surface area contributed by atoms with Gasteiger partial charge >= 0.3 is 5.97 Å². The van der Waals surface area contributed by atoms with Gasteiger partial charge in [0, 0.05) is 84.8 Å². The Morgan fingerprint density at radius 2 is 1.61 bits per heavy atom. The van der Waals surface area contributed by atoms with Crippen LogP contribution in [0.2, 0.25) is 0 Å². The van der Waals surface area contributed by atoms with Gasteiger partial charge in [0.05, 0.1) is 39.8 Å². The van der Waals surface area contributed by atoms with Crippen LogP contribution in [0.4, 0.5) is 5.13 Å². The number of hydrogen-bond acceptors (Lipinski definition) is 11. The number of nitrogens with one attached hydrogen (secondary N) is 1. The number of carboxylic acid groups (broad SMARTS) is 1. The highest BCUT2D eigenvalue weighted by Gasteiger charge is 2.58. The molecule has 0 spiro atoms. The van der Waals surface area contributed by atoms with Gasteiger partial charge in [-0.15, -0.1) is 0 Å². The molecule has 5 heterocycles. The van der Waals surface area contributed by atoms with E-state index in [2.05, 4.69) is 43.0 Å². The second-order valence-electron chi connectivity index (χ2n) is 21.2. The summed E-state index contributed by atoms with van der Waals surface area (Å²) in [7, 11) is 1.82. The van der Waals surface area contributed by atoms with Crippen LogP contribution in [0, 0.1) is 23.2 Å². The summed E-state index contributed by atoms with van der Waals surface area (Å²) in [6.07, 6.45) is 14.2. The molecule has 2 aromatic carbocycles. The molecular weight excluding hydrogens is 917 g/mol. The number of anilines is 1. The van der Waals surface area contributed by atoms with Gasteiger partial charge in [0.2, 0.25) is 5.91 Å². The number of carboxylic acids is 1. The van der Waals surface area contributed by atoms with Crippen LogP contribution in [-0.4, -0.2) is 102 Å². The average molecular weight is 979 g/mol. The summed E-state index contributed by atoms with van der Waals surface area (Å²) in [6, 6.07) is 18.4. The van der Waals surface area contributed by atoms with Crippen molar-refractivity contribution in [1.29, 1.82) is 0 Å². The van der Waals surface area contributed by atoms with Crippen LogP contribution in [-0.2, 0) is 25.7 Å². The molecule has 4 aromatic heterocycles. The molecule has 6 aromatic rings. The minimum absolute atomic E-state index is 0.0107. The average Bonchev–Trinajstić information content (AvgIpc) is 4.01. The molecule has 16 heteroatoms. The van der Waals surface area contributed by atoms with Crippen molar-refractivity contribution in [2.75, 3.05) is 32.1 Å². The smallest absolute Gasteiger partial charge is 0.355 e. The Labute approximate surface area is 417 Å². The van der Waals surface area contributed by atoms with Crippen LogP contribution < -0.4 is 5.32 Å². The molecule has 2 N–H and O–H groups in total. The minimum Gasteiger partial charge on any atom is -0.476 e. The molecule has 0 radical (unpaired) electrons. The lowest BCUT2D eigenvalue weighted by Crippen LogP contribution is -2.58. The maximum Gasteiger partial charge on any atom is 0.355 e. The number of para-hydroxylation sites is 1. The number of fused-ring (bicyclic) bond motifs is 4. The van der Waals surface area contributed by atoms with E-state index < -0.39 is 11.6 Å². The zero-order chi connectivity index (χ0) is 50.3. The molecule has 4 unspecified atom stereocenters. The van der Waals surface area contributed by atoms with Crippen LogP contribution in [0.25, 0.3) is 43.5 Å². The summed E-state index contributed by atoms with van der Waals surface area (Å²) in [5.41, 5.74) is 4.17. The maximum absolute atomic E-state index is 13.7. The van der Waals surface area contributed by atoms with Gasteiger partial charge in [0.25, 0.3) is 17.7 Å². The summed E-state index contributed by atoms with van der Waals surface area (Å²) in [6.45, 7) is 13.2. The van der Waals surface area contributed by atoms with E-state index in [4.69, 9.17) is 14.8 Å². The molecule has 2 saturated carbocycles. The molecule has 2 bridgehead atoms. The van der Waals surface area contributed by atoms with Gasteiger partial charge in [-0.3, -0.25) is 39.1 Å². The Balaban J connectivity index is 0.886. The van der Waals surface area contributed by atoms with Crippen LogP contribution in [0.1, 0.15) is 118 Å². The van der Waals surface area contributed by atoms with Gasteiger partial charge < -0.3 is 14.7 Å². The van der Waals surface area contributed by atoms with Crippen molar-refractivity contribution in [3.63, 3.8) is 0 Å². The van der Waals surface area contributed by atoms with E-state index in [1.54, 1.807) is 41.6 Å². The van der Waals surface area contributed by atoms with Crippen LogP contribution in [0.5, 0.6) is 0 Å². The number of carbonyl (C=O) groups excluding carboxylic acids is 4. The first-order valence-corrected chi connectivity index (χ1v) is 25.4. The number of rotatable bonds is 18. The van der Waals surface area contributed by atoms with Crippen molar-refractivity contribution < 1.29 is 33.8 Å². The number of ether oxygens (including phenoxy) is 1. The molecule has 2 fully saturated rings. The summed E-state index contributed by atoms with van der Waals surface area (Å²) in [5, 5.41) is 19.5.